The molecule has 0 saturated carbocycles. The van der Waals surface area contributed by atoms with E-state index in [0.717, 1.165) is 16.3 Å². The fourth-order valence-corrected chi connectivity index (χ4v) is 2.90. The number of nitrogens with zero attached hydrogens (tertiary/aromatic N) is 2. The van der Waals surface area contributed by atoms with Gasteiger partial charge in [0.2, 0.25) is 5.91 Å². The number of thiazole rings is 1. The topological polar surface area (TPSA) is 54.9 Å². The molecule has 3 rings (SSSR count). The zero-order valence-electron chi connectivity index (χ0n) is 13.0. The summed E-state index contributed by atoms with van der Waals surface area (Å²) >= 11 is 1.46. The first-order valence-corrected chi connectivity index (χ1v) is 8.08. The van der Waals surface area contributed by atoms with E-state index in [1.807, 2.05) is 6.07 Å². The predicted molar refractivity (Wildman–Crippen MR) is 91.3 cm³/mol. The first kappa shape index (κ1) is 17.1. The number of pyridine rings is 1. The van der Waals surface area contributed by atoms with Gasteiger partial charge in [-0.3, -0.25) is 4.79 Å². The van der Waals surface area contributed by atoms with Crippen LogP contribution in [-0.4, -0.2) is 15.9 Å². The maximum atomic E-state index is 12.6. The van der Waals surface area contributed by atoms with Crippen molar-refractivity contribution in [1.29, 1.82) is 0 Å². The number of rotatable bonds is 3. The molecule has 25 heavy (non-hydrogen) atoms. The molecule has 3 aromatic rings. The summed E-state index contributed by atoms with van der Waals surface area (Å²) in [5.74, 6) is -0.386. The van der Waals surface area contributed by atoms with Gasteiger partial charge >= 0.3 is 6.18 Å². The van der Waals surface area contributed by atoms with Crippen molar-refractivity contribution in [2.24, 2.45) is 0 Å². The molecule has 1 N–H and O–H groups in total. The Labute approximate surface area is 145 Å². The second kappa shape index (κ2) is 6.64. The van der Waals surface area contributed by atoms with Crippen molar-refractivity contribution in [3.8, 4) is 0 Å². The number of benzene rings is 1. The summed E-state index contributed by atoms with van der Waals surface area (Å²) in [6.07, 6.45) is -1.79. The number of hydrogen-bond acceptors (Lipinski definition) is 4. The van der Waals surface area contributed by atoms with E-state index in [2.05, 4.69) is 15.3 Å². The van der Waals surface area contributed by atoms with Crippen LogP contribution in [0.15, 0.2) is 41.9 Å². The van der Waals surface area contributed by atoms with Crippen LogP contribution in [0.5, 0.6) is 0 Å². The molecule has 0 radical (unpaired) electrons. The normalized spacial score (nSPS) is 12.0. The highest BCUT2D eigenvalue weighted by atomic mass is 32.1. The molecule has 1 aromatic carbocycles. The number of halogens is 3. The molecule has 0 aliphatic heterocycles. The maximum absolute atomic E-state index is 12.6. The van der Waals surface area contributed by atoms with E-state index in [0.29, 0.717) is 11.3 Å². The number of carbonyl (C=O) groups excluding carboxylic acids is 1. The van der Waals surface area contributed by atoms with Crippen LogP contribution in [0.2, 0.25) is 0 Å². The van der Waals surface area contributed by atoms with Crippen LogP contribution in [0, 0.1) is 6.92 Å². The maximum Gasteiger partial charge on any atom is 0.433 e. The quantitative estimate of drug-likeness (QED) is 0.688. The van der Waals surface area contributed by atoms with Gasteiger partial charge in [0, 0.05) is 17.5 Å². The average molecular weight is 363 g/mol. The van der Waals surface area contributed by atoms with Gasteiger partial charge in [-0.05, 0) is 42.8 Å². The van der Waals surface area contributed by atoms with Crippen LogP contribution in [0.3, 0.4) is 0 Å². The smallest absolute Gasteiger partial charge is 0.322 e. The highest BCUT2D eigenvalue weighted by Crippen LogP contribution is 2.28. The number of anilines is 1. The summed E-state index contributed by atoms with van der Waals surface area (Å²) in [6.45, 7) is 1.46. The van der Waals surface area contributed by atoms with E-state index < -0.39 is 11.9 Å². The van der Waals surface area contributed by atoms with Crippen molar-refractivity contribution in [3.05, 3.63) is 58.9 Å². The van der Waals surface area contributed by atoms with Gasteiger partial charge in [-0.1, -0.05) is 6.07 Å². The summed E-state index contributed by atoms with van der Waals surface area (Å²) in [5.41, 5.74) is 2.88. The van der Waals surface area contributed by atoms with Crippen molar-refractivity contribution in [2.45, 2.75) is 13.1 Å². The zero-order chi connectivity index (χ0) is 18.0. The molecular weight excluding hydrogens is 351 g/mol. The van der Waals surface area contributed by atoms with Gasteiger partial charge in [0.1, 0.15) is 5.69 Å². The number of aromatic nitrogens is 2. The molecular formula is C17H12F3N3OS. The Kier molecular flexibility index (Phi) is 4.54. The van der Waals surface area contributed by atoms with Gasteiger partial charge in [-0.15, -0.1) is 11.3 Å². The number of hydrogen-bond donors (Lipinski definition) is 1. The van der Waals surface area contributed by atoms with Crippen LogP contribution in [-0.2, 0) is 11.0 Å². The third-order valence-corrected chi connectivity index (χ3v) is 4.22. The lowest BCUT2D eigenvalue weighted by Crippen LogP contribution is -2.09. The summed E-state index contributed by atoms with van der Waals surface area (Å²) in [4.78, 5) is 19.7. The van der Waals surface area contributed by atoms with Gasteiger partial charge < -0.3 is 5.32 Å². The highest BCUT2D eigenvalue weighted by Gasteiger charge is 2.32. The Balaban J connectivity index is 1.71. The molecule has 0 spiro atoms. The standard InChI is InChI=1S/C17H12F3N3OS/c1-10-11(2-6-15(22-10)17(18,19)20)3-7-16(24)23-12-4-5-13-14(8-12)25-9-21-13/h2-9H,1H3,(H,23,24). The van der Waals surface area contributed by atoms with E-state index >= 15 is 0 Å². The van der Waals surface area contributed by atoms with Crippen LogP contribution >= 0.6 is 11.3 Å². The molecule has 128 valence electrons. The number of carbonyl (C=O) groups is 1. The van der Waals surface area contributed by atoms with Gasteiger partial charge in [0.05, 0.1) is 15.7 Å². The second-order valence-electron chi connectivity index (χ2n) is 5.23. The number of nitrogens with one attached hydrogen (secondary N) is 1. The molecule has 0 fully saturated rings. The molecule has 0 saturated heterocycles. The Morgan fingerprint density at radius 3 is 2.76 bits per heavy atom. The van der Waals surface area contributed by atoms with Gasteiger partial charge in [0.15, 0.2) is 0 Å². The second-order valence-corrected chi connectivity index (χ2v) is 6.11. The van der Waals surface area contributed by atoms with Crippen molar-refractivity contribution in [3.63, 3.8) is 0 Å². The molecule has 0 unspecified atom stereocenters. The van der Waals surface area contributed by atoms with Crippen molar-refractivity contribution in [2.75, 3.05) is 5.32 Å². The third kappa shape index (κ3) is 4.03. The van der Waals surface area contributed by atoms with Crippen molar-refractivity contribution >= 4 is 39.2 Å². The van der Waals surface area contributed by atoms with Crippen LogP contribution in [0.25, 0.3) is 16.3 Å². The third-order valence-electron chi connectivity index (χ3n) is 3.43. The summed E-state index contributed by atoms with van der Waals surface area (Å²) < 4.78 is 38.7. The fourth-order valence-electron chi connectivity index (χ4n) is 2.19. The molecule has 8 heteroatoms. The van der Waals surface area contributed by atoms with E-state index in [4.69, 9.17) is 0 Å². The van der Waals surface area contributed by atoms with Gasteiger partial charge in [0.25, 0.3) is 0 Å². The van der Waals surface area contributed by atoms with E-state index in [1.54, 1.807) is 17.6 Å². The molecule has 2 heterocycles. The van der Waals surface area contributed by atoms with E-state index in [9.17, 15) is 18.0 Å². The molecule has 4 nitrogen and oxygen atoms in total. The van der Waals surface area contributed by atoms with Crippen molar-refractivity contribution in [1.82, 2.24) is 9.97 Å². The Morgan fingerprint density at radius 1 is 1.24 bits per heavy atom. The Morgan fingerprint density at radius 2 is 2.04 bits per heavy atom. The van der Waals surface area contributed by atoms with Crippen LogP contribution in [0.1, 0.15) is 17.0 Å². The Hall–Kier alpha value is -2.74. The first-order valence-electron chi connectivity index (χ1n) is 7.20. The minimum Gasteiger partial charge on any atom is -0.322 e. The minimum atomic E-state index is -4.49. The van der Waals surface area contributed by atoms with E-state index in [-0.39, 0.29) is 11.6 Å². The fraction of sp³-hybridized carbons (Fsp3) is 0.118. The lowest BCUT2D eigenvalue weighted by molar-refractivity contribution is -0.141. The SMILES string of the molecule is Cc1nc(C(F)(F)F)ccc1C=CC(=O)Nc1ccc2ncsc2c1. The Bertz CT molecular complexity index is 963. The highest BCUT2D eigenvalue weighted by molar-refractivity contribution is 7.16. The predicted octanol–water partition coefficient (Wildman–Crippen LogP) is 4.67. The minimum absolute atomic E-state index is 0.199. The monoisotopic (exact) mass is 363 g/mol. The first-order chi connectivity index (χ1) is 11.8. The largest absolute Gasteiger partial charge is 0.433 e. The zero-order valence-corrected chi connectivity index (χ0v) is 13.8. The molecule has 1 amide bonds. The number of fused-ring (bicyclic) bond motifs is 1. The van der Waals surface area contributed by atoms with Crippen LogP contribution in [0.4, 0.5) is 18.9 Å². The van der Waals surface area contributed by atoms with Gasteiger partial charge in [-0.2, -0.15) is 13.2 Å². The lowest BCUT2D eigenvalue weighted by Gasteiger charge is -2.07. The van der Waals surface area contributed by atoms with Crippen molar-refractivity contribution < 1.29 is 18.0 Å². The van der Waals surface area contributed by atoms with Crippen LogP contribution < -0.4 is 5.32 Å². The average Bonchev–Trinajstić information content (AvgIpc) is 3.00. The number of amides is 1. The molecule has 0 atom stereocenters. The molecule has 0 aliphatic rings. The molecule has 0 aliphatic carbocycles. The number of alkyl halides is 3. The molecule has 2 aromatic heterocycles. The lowest BCUT2D eigenvalue weighted by atomic mass is 10.1. The van der Waals surface area contributed by atoms with Gasteiger partial charge in [-0.25, -0.2) is 9.97 Å². The number of aryl methyl sites for hydroxylation is 1. The summed E-state index contributed by atoms with van der Waals surface area (Å²) in [6, 6.07) is 7.53. The molecule has 0 bridgehead atoms. The van der Waals surface area contributed by atoms with E-state index in [1.165, 1.54) is 36.5 Å². The summed E-state index contributed by atoms with van der Waals surface area (Å²) in [7, 11) is 0. The summed E-state index contributed by atoms with van der Waals surface area (Å²) in [5, 5.41) is 2.70.